The lowest BCUT2D eigenvalue weighted by atomic mass is 10.7. The summed E-state index contributed by atoms with van der Waals surface area (Å²) in [5, 5.41) is 9.81. The van der Waals surface area contributed by atoms with E-state index in [-0.39, 0.29) is 18.5 Å². The number of nitrogens with one attached hydrogen (secondary N) is 1. The summed E-state index contributed by atoms with van der Waals surface area (Å²) in [5.41, 5.74) is 0. The molecule has 0 aromatic carbocycles. The first kappa shape index (κ1) is 12.7. The van der Waals surface area contributed by atoms with Crippen LogP contribution in [0.3, 0.4) is 0 Å². The number of thioether (sulfide) groups is 1. The van der Waals surface area contributed by atoms with E-state index < -0.39 is 0 Å². The third-order valence-corrected chi connectivity index (χ3v) is 2.39. The number of amides is 1. The van der Waals surface area contributed by atoms with E-state index in [1.165, 1.54) is 18.9 Å². The van der Waals surface area contributed by atoms with Gasteiger partial charge in [0.05, 0.1) is 5.75 Å². The number of hydrogen-bond donors (Lipinski definition) is 1. The van der Waals surface area contributed by atoms with Crippen LogP contribution in [0.5, 0.6) is 0 Å². The molecule has 7 heteroatoms. The number of nitrogens with zero attached hydrogens (tertiary/aromatic N) is 2. The van der Waals surface area contributed by atoms with Gasteiger partial charge in [0, 0.05) is 12.9 Å². The zero-order valence-electron chi connectivity index (χ0n) is 8.93. The predicted octanol–water partition coefficient (Wildman–Crippen LogP) is 1.07. The van der Waals surface area contributed by atoms with Crippen LogP contribution in [0.25, 0.3) is 0 Å². The maximum absolute atomic E-state index is 11.3. The molecular formula is C9H13N3O3S. The van der Waals surface area contributed by atoms with Crippen LogP contribution in [0.1, 0.15) is 5.89 Å². The van der Waals surface area contributed by atoms with Crippen LogP contribution in [0, 0.1) is 0 Å². The van der Waals surface area contributed by atoms with Gasteiger partial charge >= 0.3 is 6.01 Å². The van der Waals surface area contributed by atoms with Gasteiger partial charge in [-0.2, -0.15) is 0 Å². The molecule has 0 spiro atoms. The zero-order chi connectivity index (χ0) is 11.8. The maximum Gasteiger partial charge on any atom is 0.322 e. The molecule has 16 heavy (non-hydrogen) atoms. The Morgan fingerprint density at radius 3 is 3.19 bits per heavy atom. The van der Waals surface area contributed by atoms with E-state index in [1.54, 1.807) is 6.08 Å². The van der Waals surface area contributed by atoms with Crippen LogP contribution in [0.4, 0.5) is 6.01 Å². The Balaban J connectivity index is 2.34. The van der Waals surface area contributed by atoms with Gasteiger partial charge in [0.25, 0.3) is 0 Å². The monoisotopic (exact) mass is 243 g/mol. The van der Waals surface area contributed by atoms with E-state index in [0.29, 0.717) is 11.6 Å². The van der Waals surface area contributed by atoms with Gasteiger partial charge in [-0.1, -0.05) is 11.2 Å². The lowest BCUT2D eigenvalue weighted by Gasteiger charge is -1.98. The molecule has 1 aromatic rings. The molecule has 0 aliphatic carbocycles. The summed E-state index contributed by atoms with van der Waals surface area (Å²) >= 11 is 1.45. The van der Waals surface area contributed by atoms with Gasteiger partial charge < -0.3 is 9.15 Å². The first-order valence-electron chi connectivity index (χ1n) is 4.56. The van der Waals surface area contributed by atoms with Gasteiger partial charge in [0.2, 0.25) is 11.8 Å². The number of aromatic nitrogens is 2. The minimum Gasteiger partial charge on any atom is -0.405 e. The predicted molar refractivity (Wildman–Crippen MR) is 61.2 cm³/mol. The third kappa shape index (κ3) is 4.45. The van der Waals surface area contributed by atoms with Crippen molar-refractivity contribution >= 4 is 23.7 Å². The van der Waals surface area contributed by atoms with Crippen molar-refractivity contribution in [3.63, 3.8) is 0 Å². The lowest BCUT2D eigenvalue weighted by molar-refractivity contribution is -0.113. The number of ether oxygens (including phenoxy) is 1. The van der Waals surface area contributed by atoms with Crippen LogP contribution < -0.4 is 5.32 Å². The van der Waals surface area contributed by atoms with Crippen LogP contribution in [-0.4, -0.2) is 34.7 Å². The molecule has 0 aliphatic heterocycles. The summed E-state index contributed by atoms with van der Waals surface area (Å²) in [7, 11) is 1.52. The Kier molecular flexibility index (Phi) is 5.58. The molecular weight excluding hydrogens is 230 g/mol. The number of anilines is 1. The van der Waals surface area contributed by atoms with E-state index in [9.17, 15) is 4.79 Å². The number of methoxy groups -OCH3 is 1. The SMILES string of the molecule is C=CCSCC(=O)Nc1nnc(COC)o1. The van der Waals surface area contributed by atoms with Gasteiger partial charge in [0.1, 0.15) is 6.61 Å². The van der Waals surface area contributed by atoms with Crippen LogP contribution >= 0.6 is 11.8 Å². The maximum atomic E-state index is 11.3. The molecule has 0 atom stereocenters. The van der Waals surface area contributed by atoms with E-state index >= 15 is 0 Å². The quantitative estimate of drug-likeness (QED) is 0.570. The molecule has 0 bridgehead atoms. The summed E-state index contributed by atoms with van der Waals surface area (Å²) in [5.74, 6) is 1.20. The molecule has 1 N–H and O–H groups in total. The average Bonchev–Trinajstić information content (AvgIpc) is 2.66. The van der Waals surface area contributed by atoms with Gasteiger partial charge in [-0.3, -0.25) is 10.1 Å². The Bertz CT molecular complexity index is 354. The van der Waals surface area contributed by atoms with Crippen molar-refractivity contribution in [2.75, 3.05) is 23.9 Å². The Morgan fingerprint density at radius 1 is 1.69 bits per heavy atom. The van der Waals surface area contributed by atoms with E-state index in [1.807, 2.05) is 0 Å². The van der Waals surface area contributed by atoms with Crippen molar-refractivity contribution < 1.29 is 13.9 Å². The Labute approximate surface area is 97.4 Å². The lowest BCUT2D eigenvalue weighted by Crippen LogP contribution is -2.14. The largest absolute Gasteiger partial charge is 0.405 e. The highest BCUT2D eigenvalue weighted by Gasteiger charge is 2.08. The van der Waals surface area contributed by atoms with Gasteiger partial charge in [-0.05, 0) is 0 Å². The first-order valence-corrected chi connectivity index (χ1v) is 5.71. The van der Waals surface area contributed by atoms with Gasteiger partial charge in [-0.25, -0.2) is 0 Å². The Hall–Kier alpha value is -1.34. The smallest absolute Gasteiger partial charge is 0.322 e. The highest BCUT2D eigenvalue weighted by Crippen LogP contribution is 2.07. The van der Waals surface area contributed by atoms with Gasteiger partial charge in [-0.15, -0.1) is 23.4 Å². The van der Waals surface area contributed by atoms with Crippen molar-refractivity contribution in [3.05, 3.63) is 18.5 Å². The van der Waals surface area contributed by atoms with Crippen molar-refractivity contribution in [1.29, 1.82) is 0 Å². The number of carbonyl (C=O) groups is 1. The fraction of sp³-hybridized carbons (Fsp3) is 0.444. The molecule has 0 radical (unpaired) electrons. The van der Waals surface area contributed by atoms with Crippen LogP contribution in [0.15, 0.2) is 17.1 Å². The average molecular weight is 243 g/mol. The molecule has 1 aromatic heterocycles. The summed E-state index contributed by atoms with van der Waals surface area (Å²) in [4.78, 5) is 11.3. The molecule has 0 unspecified atom stereocenters. The van der Waals surface area contributed by atoms with E-state index in [0.717, 1.165) is 5.75 Å². The molecule has 88 valence electrons. The molecule has 1 rings (SSSR count). The fourth-order valence-electron chi connectivity index (χ4n) is 0.876. The second-order valence-corrected chi connectivity index (χ2v) is 3.82. The zero-order valence-corrected chi connectivity index (χ0v) is 9.75. The molecule has 0 aliphatic rings. The highest BCUT2D eigenvalue weighted by molar-refractivity contribution is 8.00. The molecule has 0 fully saturated rings. The molecule has 0 saturated carbocycles. The number of hydrogen-bond acceptors (Lipinski definition) is 6. The molecule has 1 heterocycles. The number of carbonyl (C=O) groups excluding carboxylic acids is 1. The minimum atomic E-state index is -0.181. The normalized spacial score (nSPS) is 10.1. The van der Waals surface area contributed by atoms with Crippen molar-refractivity contribution in [1.82, 2.24) is 10.2 Å². The van der Waals surface area contributed by atoms with Gasteiger partial charge in [0.15, 0.2) is 0 Å². The summed E-state index contributed by atoms with van der Waals surface area (Å²) in [6.07, 6.45) is 1.74. The van der Waals surface area contributed by atoms with E-state index in [2.05, 4.69) is 22.1 Å². The number of rotatable bonds is 7. The van der Waals surface area contributed by atoms with Crippen molar-refractivity contribution in [2.24, 2.45) is 0 Å². The minimum absolute atomic E-state index is 0.0938. The molecule has 0 saturated heterocycles. The van der Waals surface area contributed by atoms with Crippen molar-refractivity contribution in [2.45, 2.75) is 6.61 Å². The Morgan fingerprint density at radius 2 is 2.50 bits per heavy atom. The van der Waals surface area contributed by atoms with Crippen LogP contribution in [-0.2, 0) is 16.1 Å². The topological polar surface area (TPSA) is 77.2 Å². The van der Waals surface area contributed by atoms with E-state index in [4.69, 9.17) is 9.15 Å². The third-order valence-electron chi connectivity index (χ3n) is 1.45. The van der Waals surface area contributed by atoms with Crippen molar-refractivity contribution in [3.8, 4) is 0 Å². The van der Waals surface area contributed by atoms with Crippen LogP contribution in [0.2, 0.25) is 0 Å². The highest BCUT2D eigenvalue weighted by atomic mass is 32.2. The molecule has 6 nitrogen and oxygen atoms in total. The summed E-state index contributed by atoms with van der Waals surface area (Å²) < 4.78 is 9.89. The standard InChI is InChI=1S/C9H13N3O3S/c1-3-4-16-6-7(13)10-9-12-11-8(15-9)5-14-2/h3H,1,4-6H2,2H3,(H,10,12,13). The fourth-order valence-corrected chi connectivity index (χ4v) is 1.42. The summed E-state index contributed by atoms with van der Waals surface area (Å²) in [6.45, 7) is 3.79. The first-order chi connectivity index (χ1) is 7.76. The molecule has 1 amide bonds. The second-order valence-electron chi connectivity index (χ2n) is 2.79. The summed E-state index contributed by atoms with van der Waals surface area (Å²) in [6, 6.07) is 0.0938. The second kappa shape index (κ2) is 7.02.